The zero-order valence-electron chi connectivity index (χ0n) is 41.4. The summed E-state index contributed by atoms with van der Waals surface area (Å²) in [5.74, 6) is -0.446. The van der Waals surface area contributed by atoms with Gasteiger partial charge in [0.25, 0.3) is 0 Å². The number of aromatic nitrogens is 3. The number of phenols is 1. The molecule has 8 rings (SSSR count). The maximum atomic E-state index is 12.2. The molecule has 0 saturated carbocycles. The molecule has 0 unspecified atom stereocenters. The van der Waals surface area contributed by atoms with Gasteiger partial charge in [-0.05, 0) is 116 Å². The van der Waals surface area contributed by atoms with E-state index in [1.54, 1.807) is 0 Å². The van der Waals surface area contributed by atoms with Crippen molar-refractivity contribution in [3.05, 3.63) is 167 Å². The molecule has 0 atom stereocenters. The number of pyridine rings is 1. The van der Waals surface area contributed by atoms with E-state index in [0.29, 0.717) is 11.4 Å². The summed E-state index contributed by atoms with van der Waals surface area (Å²) in [7, 11) is 0. The summed E-state index contributed by atoms with van der Waals surface area (Å²) in [6.45, 7) is 25.0. The number of imidazole rings is 1. The van der Waals surface area contributed by atoms with Crippen molar-refractivity contribution < 1.29 is 28.9 Å². The number of phenolic OH excluding ortho intramolecular Hbond substituents is 1. The Kier molecular flexibility index (Phi) is 12.6. The Labute approximate surface area is 399 Å². The summed E-state index contributed by atoms with van der Waals surface area (Å²) < 4.78 is 20.0. The van der Waals surface area contributed by atoms with E-state index < -0.39 is 11.8 Å². The maximum absolute atomic E-state index is 12.2. The first-order chi connectivity index (χ1) is 30.6. The normalized spacial score (nSPS) is 12.7. The van der Waals surface area contributed by atoms with Crippen molar-refractivity contribution in [3.8, 4) is 67.5 Å². The van der Waals surface area contributed by atoms with E-state index in [4.69, 9.17) is 12.7 Å². The van der Waals surface area contributed by atoms with E-state index in [1.165, 1.54) is 0 Å². The number of benzene rings is 6. The maximum Gasteiger partial charge on any atom is 0.148 e. The van der Waals surface area contributed by atoms with Gasteiger partial charge in [0.05, 0.1) is 22.3 Å². The molecule has 2 aromatic heterocycles. The number of aromatic hydroxyl groups is 1. The SMILES string of the molecule is [2H]C(C)(C)c1cc(-c2ccc(-n3c(-c4cc(C(C)C)cc(C(C)C)c4O)nc4c(-c5[c-]c(-c6cc(-c7ccccc7)ccn6)cc(C(C)(C)C)c5)cccc43)c(C)c2)cc(C([2H])(C)C)c1.[Pt]. The van der Waals surface area contributed by atoms with Gasteiger partial charge in [-0.15, -0.1) is 29.3 Å². The van der Waals surface area contributed by atoms with Crippen LogP contribution in [-0.4, -0.2) is 19.6 Å². The molecule has 6 aromatic carbocycles. The third kappa shape index (κ3) is 9.18. The Morgan fingerprint density at radius 3 is 1.92 bits per heavy atom. The second-order valence-electron chi connectivity index (χ2n) is 19.3. The molecule has 0 amide bonds. The average Bonchev–Trinajstić information content (AvgIpc) is 3.64. The number of nitrogens with zero attached hydrogens (tertiary/aromatic N) is 3. The Bertz CT molecular complexity index is 3040. The Morgan fingerprint density at radius 2 is 1.30 bits per heavy atom. The first kappa shape index (κ1) is 43.7. The van der Waals surface area contributed by atoms with Crippen molar-refractivity contribution in [1.29, 1.82) is 0 Å². The molecule has 0 saturated heterocycles. The fourth-order valence-electron chi connectivity index (χ4n) is 8.50. The van der Waals surface area contributed by atoms with Gasteiger partial charge < -0.3 is 5.11 Å². The van der Waals surface area contributed by atoms with E-state index in [2.05, 4.69) is 175 Å². The van der Waals surface area contributed by atoms with Gasteiger partial charge in [0.2, 0.25) is 0 Å². The topological polar surface area (TPSA) is 50.9 Å². The molecule has 8 aromatic rings. The minimum absolute atomic E-state index is 0. The summed E-state index contributed by atoms with van der Waals surface area (Å²) in [5.41, 5.74) is 17.0. The van der Waals surface area contributed by atoms with E-state index in [0.717, 1.165) is 94.7 Å². The molecular weight excluding hydrogens is 962 g/mol. The van der Waals surface area contributed by atoms with Crippen LogP contribution in [0.1, 0.15) is 136 Å². The van der Waals surface area contributed by atoms with Crippen molar-refractivity contribution >= 4 is 11.0 Å². The second kappa shape index (κ2) is 18.5. The zero-order chi connectivity index (χ0) is 46.7. The Balaban J connectivity index is 0.00000648. The molecule has 1 N–H and O–H groups in total. The van der Waals surface area contributed by atoms with Crippen LogP contribution in [0.2, 0.25) is 0 Å². The van der Waals surface area contributed by atoms with Crippen LogP contribution in [-0.2, 0) is 26.5 Å². The second-order valence-corrected chi connectivity index (χ2v) is 19.3. The van der Waals surface area contributed by atoms with Crippen molar-refractivity contribution in [2.75, 3.05) is 0 Å². The van der Waals surface area contributed by atoms with Gasteiger partial charge in [0, 0.05) is 35.7 Å². The molecule has 0 spiro atoms. The van der Waals surface area contributed by atoms with Gasteiger partial charge in [0.1, 0.15) is 11.6 Å². The van der Waals surface area contributed by atoms with Crippen LogP contribution in [0.15, 0.2) is 128 Å². The fourth-order valence-corrected chi connectivity index (χ4v) is 8.50. The predicted molar refractivity (Wildman–Crippen MR) is 266 cm³/mol. The van der Waals surface area contributed by atoms with Crippen molar-refractivity contribution in [1.82, 2.24) is 14.5 Å². The summed E-state index contributed by atoms with van der Waals surface area (Å²) in [4.78, 5) is 10.5. The van der Waals surface area contributed by atoms with Gasteiger partial charge in [-0.3, -0.25) is 9.55 Å². The van der Waals surface area contributed by atoms with E-state index in [1.807, 2.05) is 46.0 Å². The molecule has 0 radical (unpaired) electrons. The van der Waals surface area contributed by atoms with Crippen LogP contribution in [0.5, 0.6) is 5.75 Å². The van der Waals surface area contributed by atoms with Gasteiger partial charge >= 0.3 is 0 Å². The van der Waals surface area contributed by atoms with Crippen molar-refractivity contribution in [2.24, 2.45) is 0 Å². The van der Waals surface area contributed by atoms with Crippen molar-refractivity contribution in [3.63, 3.8) is 0 Å². The van der Waals surface area contributed by atoms with E-state index in [9.17, 15) is 5.11 Å². The molecule has 64 heavy (non-hydrogen) atoms. The fraction of sp³-hybridized carbons (Fsp3) is 0.288. The van der Waals surface area contributed by atoms with Crippen LogP contribution in [0.25, 0.3) is 72.7 Å². The summed E-state index contributed by atoms with van der Waals surface area (Å²) in [5, 5.41) is 12.2. The quantitative estimate of drug-likeness (QED) is 0.139. The molecule has 2 heterocycles. The number of fused-ring (bicyclic) bond motifs is 1. The minimum atomic E-state index is -0.831. The van der Waals surface area contributed by atoms with E-state index in [-0.39, 0.29) is 44.1 Å². The first-order valence-corrected chi connectivity index (χ1v) is 22.3. The van der Waals surface area contributed by atoms with Gasteiger partial charge in [-0.25, -0.2) is 4.98 Å². The third-order valence-electron chi connectivity index (χ3n) is 12.4. The molecule has 0 aliphatic heterocycles. The zero-order valence-corrected chi connectivity index (χ0v) is 41.7. The number of rotatable bonds is 10. The Hall–Kier alpha value is -5.57. The van der Waals surface area contributed by atoms with Crippen LogP contribution in [0, 0.1) is 13.0 Å². The van der Waals surface area contributed by atoms with Gasteiger partial charge in [-0.2, -0.15) is 0 Å². The first-order valence-electron chi connectivity index (χ1n) is 23.3. The van der Waals surface area contributed by atoms with Crippen LogP contribution in [0.4, 0.5) is 0 Å². The molecule has 0 bridgehead atoms. The van der Waals surface area contributed by atoms with Gasteiger partial charge in [-0.1, -0.05) is 166 Å². The Morgan fingerprint density at radius 1 is 0.625 bits per heavy atom. The average molecular weight is 1030 g/mol. The number of aryl methyl sites for hydroxylation is 1. The molecule has 0 aliphatic carbocycles. The standard InChI is InChI=1S/C59H62N3O.Pt/c1-35(2)43-26-44(36(3)4)28-46(27-43)41-21-22-54(39(9)25-41)62-55-20-16-19-50(56(55)61-58(62)52-33-45(37(5)6)32-51(38(7)8)57(52)63)47-29-48(31-49(30-47)59(10,11)12)53-34-42(23-24-60-53)40-17-14-13-15-18-40;/h13-28,30-38,63H,1-12H3;/q-1;/i35D,36D;. The summed E-state index contributed by atoms with van der Waals surface area (Å²) >= 11 is 0. The van der Waals surface area contributed by atoms with E-state index >= 15 is 0 Å². The van der Waals surface area contributed by atoms with Crippen molar-refractivity contribution in [2.45, 2.75) is 112 Å². The molecule has 0 fully saturated rings. The van der Waals surface area contributed by atoms with Crippen LogP contribution >= 0.6 is 0 Å². The summed E-state index contributed by atoms with van der Waals surface area (Å²) in [6, 6.07) is 46.1. The molecule has 0 aliphatic rings. The molecule has 5 heteroatoms. The third-order valence-corrected chi connectivity index (χ3v) is 12.4. The predicted octanol–water partition coefficient (Wildman–Crippen LogP) is 16.4. The molecular formula is C59H62N3OPt-. The molecule has 330 valence electrons. The van der Waals surface area contributed by atoms with Gasteiger partial charge in [0.15, 0.2) is 0 Å². The number of para-hydroxylation sites is 1. The number of hydrogen-bond donors (Lipinski definition) is 1. The minimum Gasteiger partial charge on any atom is -0.507 e. The van der Waals surface area contributed by atoms with Crippen LogP contribution < -0.4 is 0 Å². The summed E-state index contributed by atoms with van der Waals surface area (Å²) in [6.07, 6.45) is 1.88. The smallest absolute Gasteiger partial charge is 0.148 e. The molecule has 4 nitrogen and oxygen atoms in total. The number of hydrogen-bond acceptors (Lipinski definition) is 3. The largest absolute Gasteiger partial charge is 0.507 e. The monoisotopic (exact) mass is 1030 g/mol. The van der Waals surface area contributed by atoms with Crippen LogP contribution in [0.3, 0.4) is 0 Å².